The summed E-state index contributed by atoms with van der Waals surface area (Å²) >= 11 is 0. The molecule has 1 fully saturated rings. The summed E-state index contributed by atoms with van der Waals surface area (Å²) in [7, 11) is -4.05. The van der Waals surface area contributed by atoms with Crippen LogP contribution >= 0.6 is 0 Å². The molecule has 0 aliphatic heterocycles. The Morgan fingerprint density at radius 3 is 1.92 bits per heavy atom. The number of rotatable bonds is 1. The molecule has 0 bridgehead atoms. The fourth-order valence-electron chi connectivity index (χ4n) is 1.38. The quantitative estimate of drug-likeness (QED) is 0.358. The zero-order chi connectivity index (χ0) is 8.48. The van der Waals surface area contributed by atoms with Gasteiger partial charge in [-0.2, -0.15) is 0 Å². The second kappa shape index (κ2) is 4.93. The molecule has 1 saturated carbocycles. The van der Waals surface area contributed by atoms with Crippen molar-refractivity contribution in [2.45, 2.75) is 37.0 Å². The summed E-state index contributed by atoms with van der Waals surface area (Å²) < 4.78 is 31.5. The molecule has 1 rings (SSSR count). The fourth-order valence-corrected chi connectivity index (χ4v) is 2.23. The largest absolute Gasteiger partial charge is 1.00 e. The molecule has 0 radical (unpaired) electrons. The summed E-state index contributed by atoms with van der Waals surface area (Å²) in [6, 6.07) is 0.0907. The van der Waals surface area contributed by atoms with Crippen molar-refractivity contribution in [2.75, 3.05) is 0 Å². The third-order valence-electron chi connectivity index (χ3n) is 2.13. The van der Waals surface area contributed by atoms with Gasteiger partial charge < -0.3 is 10.3 Å². The Labute approximate surface area is 94.9 Å². The van der Waals surface area contributed by atoms with E-state index in [0.717, 1.165) is 0 Å². The van der Waals surface area contributed by atoms with Crippen molar-refractivity contribution < 1.29 is 42.5 Å². The van der Waals surface area contributed by atoms with E-state index in [4.69, 9.17) is 5.73 Å². The predicted octanol–water partition coefficient (Wildman–Crippen LogP) is -3.19. The van der Waals surface area contributed by atoms with Crippen molar-refractivity contribution in [1.82, 2.24) is 0 Å². The first-order valence-corrected chi connectivity index (χ1v) is 5.17. The first kappa shape index (κ1) is 12.9. The van der Waals surface area contributed by atoms with Crippen molar-refractivity contribution in [3.05, 3.63) is 0 Å². The molecule has 0 unspecified atom stereocenters. The van der Waals surface area contributed by atoms with Crippen LogP contribution in [-0.2, 0) is 10.1 Å². The van der Waals surface area contributed by atoms with Crippen LogP contribution in [0.15, 0.2) is 0 Å². The number of hydrogen-bond acceptors (Lipinski definition) is 4. The normalized spacial score (nSPS) is 30.8. The van der Waals surface area contributed by atoms with E-state index < -0.39 is 15.4 Å². The third-order valence-corrected chi connectivity index (χ3v) is 3.42. The first-order valence-electron chi connectivity index (χ1n) is 3.70. The van der Waals surface area contributed by atoms with Gasteiger partial charge >= 0.3 is 29.6 Å². The van der Waals surface area contributed by atoms with Gasteiger partial charge in [-0.3, -0.25) is 0 Å². The Hall–Kier alpha value is 0.870. The van der Waals surface area contributed by atoms with E-state index in [1.807, 2.05) is 0 Å². The third kappa shape index (κ3) is 3.72. The summed E-state index contributed by atoms with van der Waals surface area (Å²) in [4.78, 5) is 0. The molecule has 0 aromatic heterocycles. The van der Waals surface area contributed by atoms with Gasteiger partial charge in [0.25, 0.3) is 0 Å². The smallest absolute Gasteiger partial charge is 0.748 e. The minimum absolute atomic E-state index is 0. The fraction of sp³-hybridized carbons (Fsp3) is 1.00. The van der Waals surface area contributed by atoms with Crippen LogP contribution in [0.5, 0.6) is 0 Å². The summed E-state index contributed by atoms with van der Waals surface area (Å²) in [5.41, 5.74) is 5.54. The maximum Gasteiger partial charge on any atom is 1.00 e. The Morgan fingerprint density at radius 1 is 1.17 bits per heavy atom. The second-order valence-electron chi connectivity index (χ2n) is 3.03. The molecule has 6 heteroatoms. The molecule has 0 aromatic carbocycles. The van der Waals surface area contributed by atoms with Gasteiger partial charge in [0.2, 0.25) is 0 Å². The van der Waals surface area contributed by atoms with Gasteiger partial charge in [-0.15, -0.1) is 0 Å². The van der Waals surface area contributed by atoms with Crippen LogP contribution in [0.25, 0.3) is 0 Å². The van der Waals surface area contributed by atoms with E-state index in [2.05, 4.69) is 0 Å². The summed E-state index contributed by atoms with van der Waals surface area (Å²) in [5.74, 6) is 0. The maximum atomic E-state index is 10.5. The Balaban J connectivity index is 0.00000121. The van der Waals surface area contributed by atoms with Gasteiger partial charge in [-0.25, -0.2) is 8.42 Å². The Morgan fingerprint density at radius 2 is 1.58 bits per heavy atom. The molecule has 66 valence electrons. The second-order valence-corrected chi connectivity index (χ2v) is 4.68. The molecular weight excluding hydrogens is 189 g/mol. The van der Waals surface area contributed by atoms with Crippen molar-refractivity contribution in [1.29, 1.82) is 0 Å². The van der Waals surface area contributed by atoms with Crippen LogP contribution in [-0.4, -0.2) is 24.3 Å². The summed E-state index contributed by atoms with van der Waals surface area (Å²) in [5, 5.41) is -0.678. The van der Waals surface area contributed by atoms with E-state index >= 15 is 0 Å². The molecule has 0 saturated heterocycles. The topological polar surface area (TPSA) is 83.2 Å². The summed E-state index contributed by atoms with van der Waals surface area (Å²) in [6.07, 6.45) is 2.19. The molecule has 12 heavy (non-hydrogen) atoms. The van der Waals surface area contributed by atoms with E-state index in [-0.39, 0.29) is 35.6 Å². The van der Waals surface area contributed by atoms with Crippen LogP contribution in [0.1, 0.15) is 25.7 Å². The minimum Gasteiger partial charge on any atom is -0.748 e. The molecule has 0 aromatic rings. The monoisotopic (exact) mass is 201 g/mol. The standard InChI is InChI=1S/C6H13NO3S.Na/c7-5-1-3-6(4-2-5)11(8,9)10;/h5-6H,1-4,7H2,(H,8,9,10);/q;+1/p-1. The summed E-state index contributed by atoms with van der Waals surface area (Å²) in [6.45, 7) is 0. The van der Waals surface area contributed by atoms with E-state index in [9.17, 15) is 13.0 Å². The van der Waals surface area contributed by atoms with Gasteiger partial charge in [0.1, 0.15) is 0 Å². The van der Waals surface area contributed by atoms with Gasteiger partial charge in [0, 0.05) is 11.3 Å². The van der Waals surface area contributed by atoms with Crippen molar-refractivity contribution in [3.8, 4) is 0 Å². The van der Waals surface area contributed by atoms with Crippen LogP contribution < -0.4 is 35.3 Å². The average Bonchev–Trinajstić information content (AvgIpc) is 1.86. The van der Waals surface area contributed by atoms with E-state index in [1.165, 1.54) is 0 Å². The van der Waals surface area contributed by atoms with E-state index in [1.54, 1.807) is 0 Å². The van der Waals surface area contributed by atoms with Gasteiger partial charge in [0.05, 0.1) is 10.1 Å². The zero-order valence-corrected chi connectivity index (χ0v) is 10.0. The zero-order valence-electron chi connectivity index (χ0n) is 7.19. The molecule has 0 atom stereocenters. The molecule has 1 aliphatic carbocycles. The molecule has 2 N–H and O–H groups in total. The molecular formula is C6H12NNaO3S. The minimum atomic E-state index is -4.05. The molecule has 0 amide bonds. The number of nitrogens with two attached hydrogens (primary N) is 1. The van der Waals surface area contributed by atoms with Gasteiger partial charge in [-0.05, 0) is 25.7 Å². The van der Waals surface area contributed by atoms with Gasteiger partial charge in [-0.1, -0.05) is 0 Å². The van der Waals surface area contributed by atoms with Crippen LogP contribution in [0.4, 0.5) is 0 Å². The number of hydrogen-bond donors (Lipinski definition) is 1. The SMILES string of the molecule is NC1CCC(S(=O)(=O)[O-])CC1.[Na+]. The molecule has 0 spiro atoms. The van der Waals surface area contributed by atoms with Gasteiger partial charge in [0.15, 0.2) is 0 Å². The van der Waals surface area contributed by atoms with Crippen molar-refractivity contribution >= 4 is 10.1 Å². The van der Waals surface area contributed by atoms with Crippen LogP contribution in [0, 0.1) is 0 Å². The molecule has 0 heterocycles. The van der Waals surface area contributed by atoms with Crippen LogP contribution in [0.3, 0.4) is 0 Å². The maximum absolute atomic E-state index is 10.5. The van der Waals surface area contributed by atoms with E-state index in [0.29, 0.717) is 25.7 Å². The van der Waals surface area contributed by atoms with Crippen molar-refractivity contribution in [3.63, 3.8) is 0 Å². The molecule has 1 aliphatic rings. The van der Waals surface area contributed by atoms with Crippen molar-refractivity contribution in [2.24, 2.45) is 5.73 Å². The average molecular weight is 201 g/mol. The first-order chi connectivity index (χ1) is 5.00. The Kier molecular flexibility index (Phi) is 5.29. The predicted molar refractivity (Wildman–Crippen MR) is 39.9 cm³/mol. The Bertz CT molecular complexity index is 221. The molecule has 4 nitrogen and oxygen atoms in total. The van der Waals surface area contributed by atoms with Crippen LogP contribution in [0.2, 0.25) is 0 Å².